The summed E-state index contributed by atoms with van der Waals surface area (Å²) in [5.41, 5.74) is 0.0976. The predicted molar refractivity (Wildman–Crippen MR) is 82.0 cm³/mol. The lowest BCUT2D eigenvalue weighted by atomic mass is 9.96. The van der Waals surface area contributed by atoms with Gasteiger partial charge in [0.25, 0.3) is 0 Å². The second-order valence-electron chi connectivity index (χ2n) is 4.35. The Hall–Kier alpha value is -0.920. The van der Waals surface area contributed by atoms with Crippen molar-refractivity contribution in [1.82, 2.24) is 10.3 Å². The summed E-state index contributed by atoms with van der Waals surface area (Å²) in [6.45, 7) is 0. The summed E-state index contributed by atoms with van der Waals surface area (Å²) in [7, 11) is 1.62. The van der Waals surface area contributed by atoms with Crippen LogP contribution < -0.4 is 5.32 Å². The first-order chi connectivity index (χ1) is 9.84. The van der Waals surface area contributed by atoms with Crippen molar-refractivity contribution in [3.05, 3.63) is 62.3 Å². The standard InChI is InChI=1S/C14H11Br2F3N2/c1-20-13(9-6-8(15)2-3-12(9)16)10-7-21-5-4-11(10)14(17,18)19/h2-7,13,20H,1H3. The molecule has 1 heterocycles. The van der Waals surface area contributed by atoms with Crippen LogP contribution in [0.3, 0.4) is 0 Å². The van der Waals surface area contributed by atoms with E-state index in [1.807, 2.05) is 6.07 Å². The van der Waals surface area contributed by atoms with Gasteiger partial charge in [-0.15, -0.1) is 0 Å². The monoisotopic (exact) mass is 422 g/mol. The Labute approximate surface area is 137 Å². The fraction of sp³-hybridized carbons (Fsp3) is 0.214. The zero-order valence-electron chi connectivity index (χ0n) is 10.9. The lowest BCUT2D eigenvalue weighted by Gasteiger charge is -2.22. The summed E-state index contributed by atoms with van der Waals surface area (Å²) in [6.07, 6.45) is -2.03. The third kappa shape index (κ3) is 3.64. The molecule has 1 atom stereocenters. The van der Waals surface area contributed by atoms with E-state index in [1.165, 1.54) is 6.20 Å². The van der Waals surface area contributed by atoms with Gasteiger partial charge in [-0.05, 0) is 36.9 Å². The summed E-state index contributed by atoms with van der Waals surface area (Å²) in [6, 6.07) is 5.74. The lowest BCUT2D eigenvalue weighted by molar-refractivity contribution is -0.138. The van der Waals surface area contributed by atoms with Gasteiger partial charge in [-0.1, -0.05) is 31.9 Å². The predicted octanol–water partition coefficient (Wildman–Crippen LogP) is 4.93. The lowest BCUT2D eigenvalue weighted by Crippen LogP contribution is -2.22. The second kappa shape index (κ2) is 6.46. The molecule has 0 aliphatic heterocycles. The number of hydrogen-bond acceptors (Lipinski definition) is 2. The van der Waals surface area contributed by atoms with Gasteiger partial charge >= 0.3 is 6.18 Å². The van der Waals surface area contributed by atoms with E-state index in [2.05, 4.69) is 42.2 Å². The average molecular weight is 424 g/mol. The fourth-order valence-electron chi connectivity index (χ4n) is 2.11. The molecule has 0 saturated carbocycles. The van der Waals surface area contributed by atoms with Gasteiger partial charge in [-0.2, -0.15) is 13.2 Å². The van der Waals surface area contributed by atoms with Gasteiger partial charge in [-0.25, -0.2) is 0 Å². The number of benzene rings is 1. The number of nitrogens with one attached hydrogen (secondary N) is 1. The Kier molecular flexibility index (Phi) is 5.06. The van der Waals surface area contributed by atoms with Gasteiger partial charge < -0.3 is 5.32 Å². The van der Waals surface area contributed by atoms with Gasteiger partial charge in [-0.3, -0.25) is 4.98 Å². The molecule has 1 aromatic heterocycles. The smallest absolute Gasteiger partial charge is 0.309 e. The van der Waals surface area contributed by atoms with E-state index in [0.29, 0.717) is 5.56 Å². The van der Waals surface area contributed by atoms with Crippen LogP contribution >= 0.6 is 31.9 Å². The number of aromatic nitrogens is 1. The molecule has 0 bridgehead atoms. The van der Waals surface area contributed by atoms with E-state index in [0.717, 1.165) is 21.2 Å². The van der Waals surface area contributed by atoms with Crippen molar-refractivity contribution in [2.75, 3.05) is 7.05 Å². The topological polar surface area (TPSA) is 24.9 Å². The van der Waals surface area contributed by atoms with Crippen LogP contribution in [0.15, 0.2) is 45.6 Å². The third-order valence-corrected chi connectivity index (χ3v) is 4.24. The molecule has 112 valence electrons. The first kappa shape index (κ1) is 16.5. The van der Waals surface area contributed by atoms with Crippen LogP contribution in [0, 0.1) is 0 Å². The van der Waals surface area contributed by atoms with Gasteiger partial charge in [0.1, 0.15) is 0 Å². The van der Waals surface area contributed by atoms with E-state index in [1.54, 1.807) is 19.2 Å². The molecule has 0 aliphatic carbocycles. The van der Waals surface area contributed by atoms with Crippen molar-refractivity contribution >= 4 is 31.9 Å². The molecule has 0 amide bonds. The zero-order chi connectivity index (χ0) is 15.6. The highest BCUT2D eigenvalue weighted by molar-refractivity contribution is 9.11. The molecule has 21 heavy (non-hydrogen) atoms. The molecule has 2 nitrogen and oxygen atoms in total. The molecular formula is C14H11Br2F3N2. The van der Waals surface area contributed by atoms with E-state index >= 15 is 0 Å². The Morgan fingerprint density at radius 2 is 1.86 bits per heavy atom. The SMILES string of the molecule is CNC(c1cc(Br)ccc1Br)c1cnccc1C(F)(F)F. The molecule has 2 rings (SSSR count). The van der Waals surface area contributed by atoms with Crippen LogP contribution in [0.4, 0.5) is 13.2 Å². The number of nitrogens with zero attached hydrogens (tertiary/aromatic N) is 1. The number of pyridine rings is 1. The Morgan fingerprint density at radius 3 is 2.48 bits per heavy atom. The van der Waals surface area contributed by atoms with E-state index in [9.17, 15) is 13.2 Å². The summed E-state index contributed by atoms with van der Waals surface area (Å²) in [5, 5.41) is 2.92. The molecule has 7 heteroatoms. The molecule has 2 aromatic rings. The Bertz CT molecular complexity index is 644. The van der Waals surface area contributed by atoms with Crippen LogP contribution in [-0.2, 0) is 6.18 Å². The molecule has 0 radical (unpaired) electrons. The van der Waals surface area contributed by atoms with E-state index in [-0.39, 0.29) is 5.56 Å². The van der Waals surface area contributed by atoms with Gasteiger partial charge in [0.15, 0.2) is 0 Å². The van der Waals surface area contributed by atoms with Crippen molar-refractivity contribution < 1.29 is 13.2 Å². The summed E-state index contributed by atoms with van der Waals surface area (Å²) in [4.78, 5) is 3.84. The van der Waals surface area contributed by atoms with Crippen molar-refractivity contribution in [3.8, 4) is 0 Å². The van der Waals surface area contributed by atoms with Crippen LogP contribution in [0.1, 0.15) is 22.7 Å². The van der Waals surface area contributed by atoms with Crippen molar-refractivity contribution in [3.63, 3.8) is 0 Å². The summed E-state index contributed by atoms with van der Waals surface area (Å²) < 4.78 is 41.0. The highest BCUT2D eigenvalue weighted by Crippen LogP contribution is 2.38. The van der Waals surface area contributed by atoms with Crippen molar-refractivity contribution in [2.24, 2.45) is 0 Å². The largest absolute Gasteiger partial charge is 0.416 e. The Balaban J connectivity index is 2.60. The summed E-state index contributed by atoms with van der Waals surface area (Å²) >= 11 is 6.72. The third-order valence-electron chi connectivity index (χ3n) is 3.03. The maximum Gasteiger partial charge on any atom is 0.416 e. The summed E-state index contributed by atoms with van der Waals surface area (Å²) in [5.74, 6) is 0. The molecule has 0 fully saturated rings. The first-order valence-electron chi connectivity index (χ1n) is 5.98. The average Bonchev–Trinajstić information content (AvgIpc) is 2.43. The van der Waals surface area contributed by atoms with Gasteiger partial charge in [0.2, 0.25) is 0 Å². The quantitative estimate of drug-likeness (QED) is 0.756. The van der Waals surface area contributed by atoms with Crippen LogP contribution in [0.5, 0.6) is 0 Å². The van der Waals surface area contributed by atoms with Gasteiger partial charge in [0.05, 0.1) is 11.6 Å². The maximum atomic E-state index is 13.2. The minimum Gasteiger partial charge on any atom is -0.309 e. The normalized spacial score (nSPS) is 13.2. The maximum absolute atomic E-state index is 13.2. The number of hydrogen-bond donors (Lipinski definition) is 1. The van der Waals surface area contributed by atoms with Crippen LogP contribution in [-0.4, -0.2) is 12.0 Å². The fourth-order valence-corrected chi connectivity index (χ4v) is 2.96. The van der Waals surface area contributed by atoms with E-state index in [4.69, 9.17) is 0 Å². The molecule has 1 N–H and O–H groups in total. The van der Waals surface area contributed by atoms with Crippen molar-refractivity contribution in [1.29, 1.82) is 0 Å². The second-order valence-corrected chi connectivity index (χ2v) is 6.12. The first-order valence-corrected chi connectivity index (χ1v) is 7.56. The molecule has 0 spiro atoms. The zero-order valence-corrected chi connectivity index (χ0v) is 14.1. The number of halogens is 5. The molecule has 1 unspecified atom stereocenters. The molecule has 0 saturated heterocycles. The highest BCUT2D eigenvalue weighted by atomic mass is 79.9. The minimum absolute atomic E-state index is 0.0892. The Morgan fingerprint density at radius 1 is 1.14 bits per heavy atom. The number of alkyl halides is 3. The van der Waals surface area contributed by atoms with Crippen LogP contribution in [0.2, 0.25) is 0 Å². The van der Waals surface area contributed by atoms with Crippen LogP contribution in [0.25, 0.3) is 0 Å². The van der Waals surface area contributed by atoms with Gasteiger partial charge in [0, 0.05) is 26.9 Å². The van der Waals surface area contributed by atoms with Crippen molar-refractivity contribution in [2.45, 2.75) is 12.2 Å². The number of rotatable bonds is 3. The molecule has 0 aliphatic rings. The minimum atomic E-state index is -4.42. The highest BCUT2D eigenvalue weighted by Gasteiger charge is 2.35. The molecular weight excluding hydrogens is 413 g/mol. The van der Waals surface area contributed by atoms with E-state index < -0.39 is 17.8 Å². The molecule has 1 aromatic carbocycles.